The van der Waals surface area contributed by atoms with Crippen molar-refractivity contribution in [1.29, 1.82) is 0 Å². The first-order chi connectivity index (χ1) is 13.8. The largest absolute Gasteiger partial charge is 0.505 e. The number of hydrogen-bond acceptors (Lipinski definition) is 4. The van der Waals surface area contributed by atoms with Crippen molar-refractivity contribution < 1.29 is 15.0 Å². The average molecular weight is 396 g/mol. The van der Waals surface area contributed by atoms with Crippen LogP contribution in [0.3, 0.4) is 0 Å². The third-order valence-electron chi connectivity index (χ3n) is 5.58. The van der Waals surface area contributed by atoms with Crippen molar-refractivity contribution in [2.75, 3.05) is 14.1 Å². The van der Waals surface area contributed by atoms with Gasteiger partial charge in [0.1, 0.15) is 17.1 Å². The average Bonchev–Trinajstić information content (AvgIpc) is 3.00. The number of nitrogens with zero attached hydrogens (tertiary/aromatic N) is 3. The molecule has 1 atom stereocenters. The van der Waals surface area contributed by atoms with Crippen LogP contribution in [0.2, 0.25) is 0 Å². The number of phenols is 1. The minimum Gasteiger partial charge on any atom is -0.505 e. The fourth-order valence-electron chi connectivity index (χ4n) is 3.76. The topological polar surface area (TPSA) is 78.6 Å². The van der Waals surface area contributed by atoms with Crippen LogP contribution in [0.4, 0.5) is 0 Å². The molecule has 154 valence electrons. The summed E-state index contributed by atoms with van der Waals surface area (Å²) >= 11 is 0. The Kier molecular flexibility index (Phi) is 5.94. The Morgan fingerprint density at radius 3 is 2.62 bits per heavy atom. The van der Waals surface area contributed by atoms with Crippen LogP contribution in [0.25, 0.3) is 11.0 Å². The van der Waals surface area contributed by atoms with Gasteiger partial charge in [0, 0.05) is 32.3 Å². The van der Waals surface area contributed by atoms with E-state index in [-0.39, 0.29) is 11.7 Å². The molecule has 0 aliphatic carbocycles. The lowest BCUT2D eigenvalue weighted by molar-refractivity contribution is 0.0825. The molecule has 3 rings (SSSR count). The lowest BCUT2D eigenvalue weighted by atomic mass is 9.93. The number of aliphatic hydroxyl groups excluding tert-OH is 1. The number of carbonyl (C=O) groups excluding carboxylic acids is 1. The number of phenolic OH excluding ortho intramolecular Hbond substituents is 1. The highest BCUT2D eigenvalue weighted by Crippen LogP contribution is 2.34. The van der Waals surface area contributed by atoms with Gasteiger partial charge in [0.05, 0.1) is 11.6 Å². The molecule has 0 bridgehead atoms. The van der Waals surface area contributed by atoms with Crippen molar-refractivity contribution >= 4 is 16.9 Å². The second-order valence-corrected chi connectivity index (χ2v) is 7.64. The van der Waals surface area contributed by atoms with Gasteiger partial charge in [-0.15, -0.1) is 0 Å². The molecule has 2 aromatic carbocycles. The molecule has 0 fully saturated rings. The minimum absolute atomic E-state index is 0.0207. The van der Waals surface area contributed by atoms with E-state index in [1.165, 1.54) is 4.90 Å². The van der Waals surface area contributed by atoms with Crippen molar-refractivity contribution in [3.63, 3.8) is 0 Å². The SMILES string of the molecule is CCc1ccccc1[C@H](O)CCc1c(C(=O)N(C)C)cc2c(nc(C)n2C)c1O. The first-order valence-corrected chi connectivity index (χ1v) is 9.91. The van der Waals surface area contributed by atoms with Crippen molar-refractivity contribution in [3.8, 4) is 5.75 Å². The van der Waals surface area contributed by atoms with Crippen LogP contribution < -0.4 is 0 Å². The third kappa shape index (κ3) is 3.85. The summed E-state index contributed by atoms with van der Waals surface area (Å²) in [5, 5.41) is 21.7. The Bertz CT molecular complexity index is 1050. The van der Waals surface area contributed by atoms with E-state index in [0.29, 0.717) is 35.0 Å². The second kappa shape index (κ2) is 8.25. The number of rotatable bonds is 6. The van der Waals surface area contributed by atoms with Crippen LogP contribution in [0.1, 0.15) is 52.3 Å². The number of imidazole rings is 1. The molecule has 2 N–H and O–H groups in total. The van der Waals surface area contributed by atoms with Gasteiger partial charge in [-0.2, -0.15) is 0 Å². The Balaban J connectivity index is 2.02. The van der Waals surface area contributed by atoms with Crippen LogP contribution >= 0.6 is 0 Å². The van der Waals surface area contributed by atoms with E-state index in [1.54, 1.807) is 20.2 Å². The molecule has 0 spiro atoms. The predicted molar refractivity (Wildman–Crippen MR) is 114 cm³/mol. The fourth-order valence-corrected chi connectivity index (χ4v) is 3.76. The number of benzene rings is 2. The highest BCUT2D eigenvalue weighted by Gasteiger charge is 2.23. The minimum atomic E-state index is -0.672. The van der Waals surface area contributed by atoms with Gasteiger partial charge in [-0.05, 0) is 43.4 Å². The number of fused-ring (bicyclic) bond motifs is 1. The van der Waals surface area contributed by atoms with Crippen molar-refractivity contribution in [3.05, 3.63) is 58.4 Å². The normalized spacial score (nSPS) is 12.3. The second-order valence-electron chi connectivity index (χ2n) is 7.64. The molecule has 6 nitrogen and oxygen atoms in total. The highest BCUT2D eigenvalue weighted by molar-refractivity contribution is 6.01. The van der Waals surface area contributed by atoms with Gasteiger partial charge in [0.2, 0.25) is 0 Å². The number of aromatic hydroxyl groups is 1. The lowest BCUT2D eigenvalue weighted by Crippen LogP contribution is -2.23. The van der Waals surface area contributed by atoms with Crippen molar-refractivity contribution in [2.45, 2.75) is 39.2 Å². The smallest absolute Gasteiger partial charge is 0.253 e. The summed E-state index contributed by atoms with van der Waals surface area (Å²) in [6.45, 7) is 3.92. The number of aryl methyl sites for hydroxylation is 3. The quantitative estimate of drug-likeness (QED) is 0.669. The number of hydrogen-bond donors (Lipinski definition) is 2. The maximum Gasteiger partial charge on any atom is 0.253 e. The fraction of sp³-hybridized carbons (Fsp3) is 0.391. The van der Waals surface area contributed by atoms with E-state index in [1.807, 2.05) is 42.8 Å². The molecule has 0 unspecified atom stereocenters. The molecule has 3 aromatic rings. The summed E-state index contributed by atoms with van der Waals surface area (Å²) in [6, 6.07) is 9.62. The van der Waals surface area contributed by atoms with Crippen LogP contribution in [-0.4, -0.2) is 44.7 Å². The molecule has 1 aromatic heterocycles. The van der Waals surface area contributed by atoms with Crippen LogP contribution in [0.15, 0.2) is 30.3 Å². The molecule has 29 heavy (non-hydrogen) atoms. The van der Waals surface area contributed by atoms with Gasteiger partial charge in [0.25, 0.3) is 5.91 Å². The number of aromatic nitrogens is 2. The molecular formula is C23H29N3O3. The van der Waals surface area contributed by atoms with Crippen LogP contribution in [0.5, 0.6) is 5.75 Å². The Labute approximate surface area is 171 Å². The number of amides is 1. The van der Waals surface area contributed by atoms with Crippen molar-refractivity contribution in [1.82, 2.24) is 14.5 Å². The van der Waals surface area contributed by atoms with Crippen LogP contribution in [-0.2, 0) is 19.9 Å². The van der Waals surface area contributed by atoms with Gasteiger partial charge in [0.15, 0.2) is 0 Å². The molecule has 0 aliphatic heterocycles. The third-order valence-corrected chi connectivity index (χ3v) is 5.58. The molecule has 1 amide bonds. The Hall–Kier alpha value is -2.86. The first-order valence-electron chi connectivity index (χ1n) is 9.91. The molecule has 0 aliphatic rings. The highest BCUT2D eigenvalue weighted by atomic mass is 16.3. The Morgan fingerprint density at radius 1 is 1.28 bits per heavy atom. The van der Waals surface area contributed by atoms with Gasteiger partial charge in [-0.1, -0.05) is 31.2 Å². The molecule has 6 heteroatoms. The van der Waals surface area contributed by atoms with Gasteiger partial charge < -0.3 is 19.7 Å². The lowest BCUT2D eigenvalue weighted by Gasteiger charge is -2.18. The summed E-state index contributed by atoms with van der Waals surface area (Å²) in [6.07, 6.45) is 0.928. The van der Waals surface area contributed by atoms with Crippen LogP contribution in [0, 0.1) is 6.92 Å². The van der Waals surface area contributed by atoms with Gasteiger partial charge in [-0.3, -0.25) is 4.79 Å². The standard InChI is InChI=1S/C23H29N3O3/c1-6-15-9-7-8-10-16(15)20(27)12-11-17-18(23(29)25(3)4)13-19-21(22(17)28)24-14(2)26(19)5/h7-10,13,20,27-28H,6,11-12H2,1-5H3/t20-/m1/s1. The summed E-state index contributed by atoms with van der Waals surface area (Å²) in [7, 11) is 5.24. The van der Waals surface area contributed by atoms with E-state index in [9.17, 15) is 15.0 Å². The summed E-state index contributed by atoms with van der Waals surface area (Å²) in [5.41, 5.74) is 4.17. The summed E-state index contributed by atoms with van der Waals surface area (Å²) < 4.78 is 1.86. The number of carbonyl (C=O) groups is 1. The molecule has 0 saturated carbocycles. The van der Waals surface area contributed by atoms with Crippen molar-refractivity contribution in [2.24, 2.45) is 7.05 Å². The molecule has 1 heterocycles. The van der Waals surface area contributed by atoms with E-state index >= 15 is 0 Å². The number of aliphatic hydroxyl groups is 1. The van der Waals surface area contributed by atoms with Gasteiger partial charge >= 0.3 is 0 Å². The Morgan fingerprint density at radius 2 is 1.97 bits per heavy atom. The van der Waals surface area contributed by atoms with Gasteiger partial charge in [-0.25, -0.2) is 4.98 Å². The molecule has 0 radical (unpaired) electrons. The summed E-state index contributed by atoms with van der Waals surface area (Å²) in [5.74, 6) is 0.597. The molecular weight excluding hydrogens is 366 g/mol. The zero-order valence-corrected chi connectivity index (χ0v) is 17.7. The predicted octanol–water partition coefficient (Wildman–Crippen LogP) is 3.52. The zero-order valence-electron chi connectivity index (χ0n) is 17.7. The maximum atomic E-state index is 12.8. The summed E-state index contributed by atoms with van der Waals surface area (Å²) in [4.78, 5) is 18.8. The van der Waals surface area contributed by atoms with E-state index < -0.39 is 6.10 Å². The van der Waals surface area contributed by atoms with E-state index in [2.05, 4.69) is 11.9 Å². The first kappa shape index (κ1) is 20.9. The van der Waals surface area contributed by atoms with E-state index in [4.69, 9.17) is 0 Å². The zero-order chi connectivity index (χ0) is 21.3. The van der Waals surface area contributed by atoms with E-state index in [0.717, 1.165) is 23.4 Å². The molecule has 0 saturated heterocycles. The maximum absolute atomic E-state index is 12.8. The monoisotopic (exact) mass is 395 g/mol.